The minimum absolute atomic E-state index is 0.264. The molecule has 2 fully saturated rings. The van der Waals surface area contributed by atoms with E-state index < -0.39 is 0 Å². The number of nitriles is 1. The number of nitrogens with one attached hydrogen (secondary N) is 2. The second kappa shape index (κ2) is 12.6. The van der Waals surface area contributed by atoms with Crippen LogP contribution in [0, 0.1) is 29.1 Å². The monoisotopic (exact) mass is 494 g/mol. The van der Waals surface area contributed by atoms with Crippen LogP contribution in [0.2, 0.25) is 0 Å². The van der Waals surface area contributed by atoms with E-state index in [9.17, 15) is 10.4 Å². The van der Waals surface area contributed by atoms with E-state index in [0.29, 0.717) is 47.7 Å². The molecule has 2 aromatic rings. The van der Waals surface area contributed by atoms with Crippen LogP contribution in [-0.2, 0) is 6.54 Å². The van der Waals surface area contributed by atoms with Gasteiger partial charge in [-0.05, 0) is 74.8 Å². The van der Waals surface area contributed by atoms with Crippen molar-refractivity contribution in [2.24, 2.45) is 17.8 Å². The summed E-state index contributed by atoms with van der Waals surface area (Å²) in [5, 5.41) is 25.7. The van der Waals surface area contributed by atoms with Gasteiger partial charge in [0.1, 0.15) is 17.5 Å². The van der Waals surface area contributed by atoms with Crippen LogP contribution in [0.1, 0.15) is 49.7 Å². The number of anilines is 2. The molecule has 2 aliphatic rings. The van der Waals surface area contributed by atoms with Crippen LogP contribution >= 0.6 is 11.8 Å². The minimum Gasteiger partial charge on any atom is -0.396 e. The van der Waals surface area contributed by atoms with Gasteiger partial charge in [0.2, 0.25) is 5.95 Å². The van der Waals surface area contributed by atoms with Crippen LogP contribution in [0.5, 0.6) is 0 Å². The summed E-state index contributed by atoms with van der Waals surface area (Å²) in [7, 11) is 2.23. The van der Waals surface area contributed by atoms with Crippen LogP contribution in [0.3, 0.4) is 0 Å². The number of aliphatic hydroxyl groups is 1. The maximum absolute atomic E-state index is 9.60. The van der Waals surface area contributed by atoms with Gasteiger partial charge in [-0.15, -0.1) is 11.8 Å². The van der Waals surface area contributed by atoms with Gasteiger partial charge in [0.15, 0.2) is 0 Å². The van der Waals surface area contributed by atoms with Gasteiger partial charge in [0, 0.05) is 37.2 Å². The first kappa shape index (κ1) is 25.7. The highest BCUT2D eigenvalue weighted by Crippen LogP contribution is 2.45. The molecular weight excluding hydrogens is 456 g/mol. The van der Waals surface area contributed by atoms with E-state index in [1.54, 1.807) is 18.0 Å². The summed E-state index contributed by atoms with van der Waals surface area (Å²) in [5.41, 5.74) is 1.69. The fourth-order valence-corrected chi connectivity index (χ4v) is 6.76. The average molecular weight is 495 g/mol. The molecular formula is C27H38N6OS. The second-order valence-electron chi connectivity index (χ2n) is 9.95. The lowest BCUT2D eigenvalue weighted by molar-refractivity contribution is 0.0130. The third-order valence-corrected chi connectivity index (χ3v) is 8.50. The number of aliphatic hydroxyl groups excluding tert-OH is 1. The highest BCUT2D eigenvalue weighted by Gasteiger charge is 2.41. The van der Waals surface area contributed by atoms with Crippen molar-refractivity contribution in [1.29, 1.82) is 5.26 Å². The number of aromatic nitrogens is 2. The highest BCUT2D eigenvalue weighted by molar-refractivity contribution is 7.98. The van der Waals surface area contributed by atoms with Crippen LogP contribution in [0.15, 0.2) is 35.4 Å². The Kier molecular flexibility index (Phi) is 9.25. The molecule has 2 unspecified atom stereocenters. The molecule has 8 heteroatoms. The van der Waals surface area contributed by atoms with Gasteiger partial charge in [0.05, 0.1) is 6.20 Å². The first-order valence-electron chi connectivity index (χ1n) is 12.8. The van der Waals surface area contributed by atoms with E-state index in [1.807, 2.05) is 12.1 Å². The fraction of sp³-hybridized carbons (Fsp3) is 0.593. The van der Waals surface area contributed by atoms with Crippen molar-refractivity contribution in [2.45, 2.75) is 56.0 Å². The van der Waals surface area contributed by atoms with E-state index in [0.717, 1.165) is 19.5 Å². The number of thioether (sulfide) groups is 1. The maximum atomic E-state index is 9.60. The van der Waals surface area contributed by atoms with Gasteiger partial charge < -0.3 is 20.6 Å². The molecule has 1 heterocycles. The fourth-order valence-electron chi connectivity index (χ4n) is 6.14. The molecule has 1 aromatic heterocycles. The Labute approximate surface area is 213 Å². The van der Waals surface area contributed by atoms with Gasteiger partial charge in [-0.3, -0.25) is 0 Å². The van der Waals surface area contributed by atoms with Gasteiger partial charge in [-0.2, -0.15) is 10.2 Å². The SMILES string of the molecule is CSc1ccccc1CNc1ncc(C#N)c(NCC2C[C@H]3CCC[C@@H](C2)C3N(C)CCCO)n1. The lowest BCUT2D eigenvalue weighted by Gasteiger charge is -2.49. The van der Waals surface area contributed by atoms with E-state index in [-0.39, 0.29) is 6.61 Å². The van der Waals surface area contributed by atoms with Gasteiger partial charge in [-0.1, -0.05) is 24.6 Å². The Hall–Kier alpha value is -2.34. The predicted molar refractivity (Wildman–Crippen MR) is 142 cm³/mol. The van der Waals surface area contributed by atoms with Crippen LogP contribution in [-0.4, -0.2) is 59.0 Å². The zero-order valence-electron chi connectivity index (χ0n) is 20.9. The Morgan fingerprint density at radius 3 is 2.69 bits per heavy atom. The van der Waals surface area contributed by atoms with E-state index in [4.69, 9.17) is 0 Å². The number of benzene rings is 1. The Bertz CT molecular complexity index is 997. The number of fused-ring (bicyclic) bond motifs is 2. The molecule has 35 heavy (non-hydrogen) atoms. The summed E-state index contributed by atoms with van der Waals surface area (Å²) in [6.07, 6.45) is 10.9. The zero-order chi connectivity index (χ0) is 24.6. The third-order valence-electron chi connectivity index (χ3n) is 7.66. The molecule has 3 N–H and O–H groups in total. The Morgan fingerprint density at radius 2 is 1.97 bits per heavy atom. The predicted octanol–water partition coefficient (Wildman–Crippen LogP) is 4.60. The molecule has 2 aliphatic carbocycles. The average Bonchev–Trinajstić information content (AvgIpc) is 2.88. The van der Waals surface area contributed by atoms with Crippen LogP contribution < -0.4 is 10.6 Å². The van der Waals surface area contributed by atoms with E-state index in [1.165, 1.54) is 42.6 Å². The molecule has 2 bridgehead atoms. The second-order valence-corrected chi connectivity index (χ2v) is 10.8. The van der Waals surface area contributed by atoms with E-state index in [2.05, 4.69) is 57.0 Å². The molecule has 4 atom stereocenters. The number of rotatable bonds is 11. The summed E-state index contributed by atoms with van der Waals surface area (Å²) < 4.78 is 0. The van der Waals surface area contributed by atoms with Crippen molar-refractivity contribution < 1.29 is 5.11 Å². The van der Waals surface area contributed by atoms with Crippen molar-refractivity contribution in [3.63, 3.8) is 0 Å². The van der Waals surface area contributed by atoms with Gasteiger partial charge >= 0.3 is 0 Å². The molecule has 2 saturated carbocycles. The number of hydrogen-bond donors (Lipinski definition) is 3. The first-order valence-corrected chi connectivity index (χ1v) is 14.0. The molecule has 0 saturated heterocycles. The van der Waals surface area contributed by atoms with Crippen molar-refractivity contribution in [2.75, 3.05) is 43.6 Å². The summed E-state index contributed by atoms with van der Waals surface area (Å²) in [4.78, 5) is 12.7. The molecule has 7 nitrogen and oxygen atoms in total. The molecule has 0 aliphatic heterocycles. The summed E-state index contributed by atoms with van der Waals surface area (Å²) >= 11 is 1.73. The molecule has 0 spiro atoms. The smallest absolute Gasteiger partial charge is 0.224 e. The van der Waals surface area contributed by atoms with Gasteiger partial charge in [0.25, 0.3) is 0 Å². The Balaban J connectivity index is 1.37. The topological polar surface area (TPSA) is 97.1 Å². The van der Waals surface area contributed by atoms with E-state index >= 15 is 0 Å². The third kappa shape index (κ3) is 6.46. The normalized spacial score (nSPS) is 23.6. The molecule has 0 amide bonds. The largest absolute Gasteiger partial charge is 0.396 e. The molecule has 1 aromatic carbocycles. The number of hydrogen-bond acceptors (Lipinski definition) is 8. The highest BCUT2D eigenvalue weighted by atomic mass is 32.2. The number of nitrogens with zero attached hydrogens (tertiary/aromatic N) is 4. The minimum atomic E-state index is 0.264. The molecule has 188 valence electrons. The lowest BCUT2D eigenvalue weighted by atomic mass is 9.64. The quantitative estimate of drug-likeness (QED) is 0.390. The lowest BCUT2D eigenvalue weighted by Crippen LogP contribution is -2.51. The molecule has 0 radical (unpaired) electrons. The zero-order valence-corrected chi connectivity index (χ0v) is 21.7. The van der Waals surface area contributed by atoms with Crippen molar-refractivity contribution in [3.05, 3.63) is 41.6 Å². The summed E-state index contributed by atoms with van der Waals surface area (Å²) in [6, 6.07) is 11.2. The molecule has 4 rings (SSSR count). The van der Waals surface area contributed by atoms with Crippen molar-refractivity contribution in [3.8, 4) is 6.07 Å². The summed E-state index contributed by atoms with van der Waals surface area (Å²) in [6.45, 7) is 2.71. The van der Waals surface area contributed by atoms with Gasteiger partial charge in [-0.25, -0.2) is 4.98 Å². The first-order chi connectivity index (χ1) is 17.1. The maximum Gasteiger partial charge on any atom is 0.224 e. The van der Waals surface area contributed by atoms with Crippen LogP contribution in [0.25, 0.3) is 0 Å². The Morgan fingerprint density at radius 1 is 1.20 bits per heavy atom. The standard InChI is InChI=1S/C27H38N6OS/c1-33(11-6-12-34)25-20-8-5-9-21(25)14-19(13-20)16-29-26-23(15-28)18-31-27(32-26)30-17-22-7-3-4-10-24(22)35-2/h3-4,7,10,18-21,25,34H,5-6,8-9,11-14,16-17H2,1-2H3,(H2,29,30,31,32)/t19?,20-,21+,25?. The van der Waals surface area contributed by atoms with Crippen molar-refractivity contribution in [1.82, 2.24) is 14.9 Å². The summed E-state index contributed by atoms with van der Waals surface area (Å²) in [5.74, 6) is 3.17. The van der Waals surface area contributed by atoms with Crippen LogP contribution in [0.4, 0.5) is 11.8 Å². The van der Waals surface area contributed by atoms with Crippen molar-refractivity contribution >= 4 is 23.5 Å².